The highest BCUT2D eigenvalue weighted by molar-refractivity contribution is 5.64. The van der Waals surface area contributed by atoms with Gasteiger partial charge in [0.1, 0.15) is 0 Å². The molecule has 0 amide bonds. The van der Waals surface area contributed by atoms with E-state index in [0.717, 1.165) is 34.6 Å². The summed E-state index contributed by atoms with van der Waals surface area (Å²) in [6.45, 7) is 7.25. The van der Waals surface area contributed by atoms with E-state index < -0.39 is 11.9 Å². The highest BCUT2D eigenvalue weighted by Crippen LogP contribution is 2.15. The summed E-state index contributed by atoms with van der Waals surface area (Å²) >= 11 is 0. The van der Waals surface area contributed by atoms with E-state index in [1.807, 2.05) is 0 Å². The average Bonchev–Trinajstić information content (AvgIpc) is 3.09. The number of carboxylic acids is 2. The number of unbranched alkanes of at least 4 members (excludes halogenated alkanes) is 31. The molecule has 0 aliphatic carbocycles. The minimum atomic E-state index is -0.998. The molecule has 0 unspecified atom stereocenters. The maximum absolute atomic E-state index is 10.0. The van der Waals surface area contributed by atoms with Crippen molar-refractivity contribution < 1.29 is 28.8 Å². The second kappa shape index (κ2) is 44.6. The van der Waals surface area contributed by atoms with Gasteiger partial charge in [-0.15, -0.1) is 0 Å². The third-order valence-corrected chi connectivity index (χ3v) is 10.4. The Morgan fingerprint density at radius 3 is 0.630 bits per heavy atom. The molecule has 0 saturated carbocycles. The monoisotopic (exact) mass is 769 g/mol. The summed E-state index contributed by atoms with van der Waals surface area (Å²) in [7, 11) is 13.8. The van der Waals surface area contributed by atoms with E-state index in [4.69, 9.17) is 0 Å². The molecule has 0 heterocycles. The predicted molar refractivity (Wildman–Crippen MR) is 233 cm³/mol. The van der Waals surface area contributed by atoms with Crippen LogP contribution < -0.4 is 10.2 Å². The molecule has 0 fully saturated rings. The van der Waals surface area contributed by atoms with Crippen LogP contribution in [-0.2, 0) is 9.59 Å². The number of carboxylic acid groups (broad SMARTS) is 2. The van der Waals surface area contributed by atoms with Gasteiger partial charge in [-0.3, -0.25) is 0 Å². The van der Waals surface area contributed by atoms with Crippen molar-refractivity contribution in [1.82, 2.24) is 0 Å². The zero-order valence-electron chi connectivity index (χ0n) is 38.4. The van der Waals surface area contributed by atoms with E-state index in [1.54, 1.807) is 0 Å². The third kappa shape index (κ3) is 65.7. The van der Waals surface area contributed by atoms with Crippen LogP contribution in [0, 0.1) is 0 Å². The number of rotatable bonds is 39. The molecule has 0 bridgehead atoms. The lowest BCUT2D eigenvalue weighted by atomic mass is 10.0. The average molecular weight is 769 g/mol. The number of carbonyl (C=O) groups is 2. The molecule has 326 valence electrons. The highest BCUT2D eigenvalue weighted by atomic mass is 16.4. The largest absolute Gasteiger partial charge is 0.550 e. The summed E-state index contributed by atoms with van der Waals surface area (Å²) in [5.74, 6) is -2.00. The van der Waals surface area contributed by atoms with Gasteiger partial charge in [-0.05, 0) is 51.4 Å². The number of aliphatic carboxylic acids is 2. The molecule has 0 aliphatic rings. The Hall–Kier alpha value is -1.14. The van der Waals surface area contributed by atoms with Gasteiger partial charge in [0.25, 0.3) is 0 Å². The fourth-order valence-electron chi connectivity index (χ4n) is 6.81. The summed E-state index contributed by atoms with van der Waals surface area (Å²) in [5.41, 5.74) is 0. The molecular formula is C48H100N2O4. The van der Waals surface area contributed by atoms with Gasteiger partial charge in [0.05, 0.1) is 55.4 Å². The van der Waals surface area contributed by atoms with Gasteiger partial charge in [0, 0.05) is 11.9 Å². The molecule has 0 aromatic carbocycles. The minimum Gasteiger partial charge on any atom is -0.550 e. The van der Waals surface area contributed by atoms with Crippen molar-refractivity contribution in [3.8, 4) is 0 Å². The van der Waals surface area contributed by atoms with Gasteiger partial charge in [-0.25, -0.2) is 0 Å². The summed E-state index contributed by atoms with van der Waals surface area (Å²) in [6.07, 6.45) is 46.0. The van der Waals surface area contributed by atoms with E-state index in [1.165, 1.54) is 193 Å². The summed E-state index contributed by atoms with van der Waals surface area (Å²) in [5, 5.41) is 20.1. The van der Waals surface area contributed by atoms with Crippen LogP contribution in [0.4, 0.5) is 0 Å². The number of carbonyl (C=O) groups excluding carboxylic acids is 2. The number of nitrogens with zero attached hydrogens (tertiary/aromatic N) is 2. The van der Waals surface area contributed by atoms with Crippen molar-refractivity contribution in [1.29, 1.82) is 0 Å². The van der Waals surface area contributed by atoms with Crippen LogP contribution >= 0.6 is 0 Å². The Balaban J connectivity index is -0.000000736. The molecule has 54 heavy (non-hydrogen) atoms. The van der Waals surface area contributed by atoms with Crippen LogP contribution in [0.25, 0.3) is 0 Å². The summed E-state index contributed by atoms with van der Waals surface area (Å²) in [6, 6.07) is 0. The standard InChI is InChI=1S/2C19H42N.C10H18O4/c2*1-5-6-7-8-9-10-11-12-13-14-15-16-17-18-19-20(2,3)4;11-9(12)7-5-3-1-2-4-6-8-10(13)14/h2*5-19H2,1-4H3;1-8H2,(H,11,12)(H,13,14)/q2*+1;/p-2. The maximum atomic E-state index is 10.0. The number of hydrogen-bond acceptors (Lipinski definition) is 4. The zero-order valence-corrected chi connectivity index (χ0v) is 38.4. The fourth-order valence-corrected chi connectivity index (χ4v) is 6.81. The van der Waals surface area contributed by atoms with Crippen molar-refractivity contribution in [2.45, 2.75) is 245 Å². The van der Waals surface area contributed by atoms with E-state index in [9.17, 15) is 19.8 Å². The molecule has 0 saturated heterocycles. The minimum absolute atomic E-state index is 0.124. The number of quaternary nitrogens is 2. The summed E-state index contributed by atoms with van der Waals surface area (Å²) < 4.78 is 2.25. The van der Waals surface area contributed by atoms with Crippen molar-refractivity contribution in [3.63, 3.8) is 0 Å². The van der Waals surface area contributed by atoms with Crippen LogP contribution in [0.3, 0.4) is 0 Å². The first-order valence-electron chi connectivity index (χ1n) is 23.8. The third-order valence-electron chi connectivity index (χ3n) is 10.4. The predicted octanol–water partition coefficient (Wildman–Crippen LogP) is 12.0. The van der Waals surface area contributed by atoms with Crippen LogP contribution in [-0.4, -0.2) is 76.3 Å². The van der Waals surface area contributed by atoms with Crippen LogP contribution in [0.2, 0.25) is 0 Å². The Morgan fingerprint density at radius 1 is 0.296 bits per heavy atom. The van der Waals surface area contributed by atoms with Crippen molar-refractivity contribution >= 4 is 11.9 Å². The topological polar surface area (TPSA) is 80.3 Å². The van der Waals surface area contributed by atoms with E-state index in [0.29, 0.717) is 12.8 Å². The molecule has 6 nitrogen and oxygen atoms in total. The fraction of sp³-hybridized carbons (Fsp3) is 0.958. The molecule has 0 aliphatic heterocycles. The van der Waals surface area contributed by atoms with Crippen molar-refractivity contribution in [2.75, 3.05) is 55.4 Å². The van der Waals surface area contributed by atoms with Crippen LogP contribution in [0.1, 0.15) is 245 Å². The van der Waals surface area contributed by atoms with Gasteiger partial charge in [-0.1, -0.05) is 194 Å². The van der Waals surface area contributed by atoms with E-state index >= 15 is 0 Å². The van der Waals surface area contributed by atoms with E-state index in [2.05, 4.69) is 56.1 Å². The van der Waals surface area contributed by atoms with Crippen molar-refractivity contribution in [3.05, 3.63) is 0 Å². The molecular weight excluding hydrogens is 669 g/mol. The molecule has 0 rings (SSSR count). The maximum Gasteiger partial charge on any atom is 0.0780 e. The first-order chi connectivity index (χ1) is 25.7. The molecule has 0 atom stereocenters. The SMILES string of the molecule is CCCCCCCCCCCCCCCC[N+](C)(C)C.CCCCCCCCCCCCCCCC[N+](C)(C)C.O=C([O-])CCCCCCCCC(=O)[O-]. The van der Waals surface area contributed by atoms with E-state index in [-0.39, 0.29) is 12.8 Å². The first-order valence-corrected chi connectivity index (χ1v) is 23.8. The Morgan fingerprint density at radius 2 is 0.463 bits per heavy atom. The van der Waals surface area contributed by atoms with Crippen LogP contribution in [0.5, 0.6) is 0 Å². The lowest BCUT2D eigenvalue weighted by Crippen LogP contribution is -2.35. The molecule has 0 N–H and O–H groups in total. The zero-order chi connectivity index (χ0) is 41.0. The van der Waals surface area contributed by atoms with Crippen LogP contribution in [0.15, 0.2) is 0 Å². The smallest absolute Gasteiger partial charge is 0.0780 e. The molecule has 0 radical (unpaired) electrons. The Bertz CT molecular complexity index is 682. The highest BCUT2D eigenvalue weighted by Gasteiger charge is 2.06. The molecule has 0 spiro atoms. The van der Waals surface area contributed by atoms with Gasteiger partial charge < -0.3 is 28.8 Å². The summed E-state index contributed by atoms with van der Waals surface area (Å²) in [4.78, 5) is 20.1. The first kappa shape index (κ1) is 57.2. The van der Waals surface area contributed by atoms with Crippen molar-refractivity contribution in [2.24, 2.45) is 0 Å². The van der Waals surface area contributed by atoms with Gasteiger partial charge >= 0.3 is 0 Å². The second-order valence-electron chi connectivity index (χ2n) is 18.6. The lowest BCUT2D eigenvalue weighted by molar-refractivity contribution is -0.870. The second-order valence-corrected chi connectivity index (χ2v) is 18.6. The quantitative estimate of drug-likeness (QED) is 0.0461. The Labute approximate surface area is 340 Å². The lowest BCUT2D eigenvalue weighted by Gasteiger charge is -2.23. The molecule has 0 aromatic rings. The van der Waals surface area contributed by atoms with Gasteiger partial charge in [-0.2, -0.15) is 0 Å². The Kier molecular flexibility index (Phi) is 47.2. The normalized spacial score (nSPS) is 11.5. The van der Waals surface area contributed by atoms with Gasteiger partial charge in [0.2, 0.25) is 0 Å². The molecule has 6 heteroatoms. The number of hydrogen-bond donors (Lipinski definition) is 0. The molecule has 0 aromatic heterocycles. The van der Waals surface area contributed by atoms with Gasteiger partial charge in [0.15, 0.2) is 0 Å².